The Bertz CT molecular complexity index is 1300. The lowest BCUT2D eigenvalue weighted by molar-refractivity contribution is 0.282. The van der Waals surface area contributed by atoms with E-state index in [0.717, 1.165) is 33.3 Å². The lowest BCUT2D eigenvalue weighted by Crippen LogP contribution is -2.29. The van der Waals surface area contributed by atoms with Gasteiger partial charge in [-0.05, 0) is 75.8 Å². The number of benzene rings is 3. The van der Waals surface area contributed by atoms with Crippen LogP contribution in [0.5, 0.6) is 11.5 Å². The molecule has 3 atom stereocenters. The summed E-state index contributed by atoms with van der Waals surface area (Å²) in [5, 5.41) is 5.99. The third kappa shape index (κ3) is 4.52. The summed E-state index contributed by atoms with van der Waals surface area (Å²) in [4.78, 5) is 0. The van der Waals surface area contributed by atoms with E-state index >= 15 is 0 Å². The van der Waals surface area contributed by atoms with E-state index in [0.29, 0.717) is 44.1 Å². The van der Waals surface area contributed by atoms with Gasteiger partial charge in [0, 0.05) is 27.2 Å². The van der Waals surface area contributed by atoms with Crippen LogP contribution in [-0.2, 0) is 6.61 Å². The van der Waals surface area contributed by atoms with Gasteiger partial charge in [-0.15, -0.1) is 0 Å². The Morgan fingerprint density at radius 3 is 2.59 bits per heavy atom. The molecule has 0 saturated heterocycles. The third-order valence-corrected chi connectivity index (χ3v) is 8.22. The minimum atomic E-state index is 0.0522. The average Bonchev–Trinajstić information content (AvgIpc) is 3.28. The summed E-state index contributed by atoms with van der Waals surface area (Å²) in [5.41, 5.74) is 4.07. The number of allylic oxidation sites excluding steroid dienone is 2. The van der Waals surface area contributed by atoms with E-state index in [2.05, 4.69) is 39.5 Å². The molecule has 0 spiro atoms. The Morgan fingerprint density at radius 1 is 1.00 bits per heavy atom. The summed E-state index contributed by atoms with van der Waals surface area (Å²) in [6, 6.07) is 13.4. The molecule has 0 fully saturated rings. The molecule has 8 heteroatoms. The van der Waals surface area contributed by atoms with E-state index in [1.54, 1.807) is 19.2 Å². The molecule has 0 saturated carbocycles. The molecule has 0 unspecified atom stereocenters. The van der Waals surface area contributed by atoms with Crippen LogP contribution < -0.4 is 14.8 Å². The van der Waals surface area contributed by atoms with E-state index in [4.69, 9.17) is 55.9 Å². The number of hydrogen-bond donors (Lipinski definition) is 1. The van der Waals surface area contributed by atoms with Gasteiger partial charge in [0.15, 0.2) is 11.5 Å². The normalized spacial score (nSPS) is 20.5. The average molecular weight is 600 g/mol. The Balaban J connectivity index is 1.46. The third-order valence-electron chi connectivity index (χ3n) is 6.36. The van der Waals surface area contributed by atoms with Crippen LogP contribution in [0.15, 0.2) is 59.1 Å². The summed E-state index contributed by atoms with van der Waals surface area (Å²) >= 11 is 28.8. The Labute approximate surface area is 227 Å². The van der Waals surface area contributed by atoms with Crippen molar-refractivity contribution in [2.45, 2.75) is 25.0 Å². The molecular formula is C26H20BrCl4NO2. The van der Waals surface area contributed by atoms with Crippen LogP contribution in [0, 0.1) is 5.92 Å². The topological polar surface area (TPSA) is 30.5 Å². The van der Waals surface area contributed by atoms with Crippen LogP contribution in [-0.4, -0.2) is 7.11 Å². The van der Waals surface area contributed by atoms with Crippen molar-refractivity contribution in [1.29, 1.82) is 0 Å². The maximum atomic E-state index is 6.59. The lowest BCUT2D eigenvalue weighted by atomic mass is 9.77. The predicted octanol–water partition coefficient (Wildman–Crippen LogP) is 9.48. The standard InChI is InChI=1S/C26H20BrCl4NO2/c1-33-23-9-14(8-18(27)26(23)34-12-13-5-6-19(29)20(30)7-13)25-17-4-2-3-16(17)24-21(31)10-15(28)11-22(24)32-25/h2-3,5-11,16-17,25,32H,4,12H2,1H3/t16-,17+,25-/m0/s1. The minimum Gasteiger partial charge on any atom is -0.493 e. The molecule has 5 rings (SSSR count). The quantitative estimate of drug-likeness (QED) is 0.296. The Morgan fingerprint density at radius 2 is 1.82 bits per heavy atom. The van der Waals surface area contributed by atoms with E-state index in [-0.39, 0.29) is 12.0 Å². The van der Waals surface area contributed by atoms with E-state index < -0.39 is 0 Å². The fraction of sp³-hybridized carbons (Fsp3) is 0.231. The van der Waals surface area contributed by atoms with Crippen molar-refractivity contribution in [2.75, 3.05) is 12.4 Å². The highest BCUT2D eigenvalue weighted by atomic mass is 79.9. The van der Waals surface area contributed by atoms with Crippen LogP contribution in [0.25, 0.3) is 0 Å². The van der Waals surface area contributed by atoms with Crippen LogP contribution in [0.4, 0.5) is 5.69 Å². The second kappa shape index (κ2) is 9.83. The molecule has 3 aromatic rings. The first-order chi connectivity index (χ1) is 16.4. The van der Waals surface area contributed by atoms with Gasteiger partial charge in [0.2, 0.25) is 0 Å². The van der Waals surface area contributed by atoms with E-state index in [1.165, 1.54) is 0 Å². The molecule has 1 N–H and O–H groups in total. The lowest BCUT2D eigenvalue weighted by Gasteiger charge is -2.38. The van der Waals surface area contributed by atoms with Crippen molar-refractivity contribution in [3.05, 3.63) is 95.9 Å². The zero-order chi connectivity index (χ0) is 24.0. The van der Waals surface area contributed by atoms with Crippen LogP contribution in [0.3, 0.4) is 0 Å². The summed E-state index contributed by atoms with van der Waals surface area (Å²) in [7, 11) is 1.64. The molecule has 0 bridgehead atoms. The highest BCUT2D eigenvalue weighted by molar-refractivity contribution is 9.10. The summed E-state index contributed by atoms with van der Waals surface area (Å²) in [5.74, 6) is 1.82. The van der Waals surface area contributed by atoms with Crippen molar-refractivity contribution in [3.8, 4) is 11.5 Å². The number of fused-ring (bicyclic) bond motifs is 3. The second-order valence-corrected chi connectivity index (χ2v) is 10.9. The molecule has 3 aromatic carbocycles. The number of halogens is 5. The Kier molecular flexibility index (Phi) is 6.98. The van der Waals surface area contributed by atoms with Crippen molar-refractivity contribution in [2.24, 2.45) is 5.92 Å². The molecule has 0 amide bonds. The van der Waals surface area contributed by atoms with Crippen molar-refractivity contribution < 1.29 is 9.47 Å². The summed E-state index contributed by atoms with van der Waals surface area (Å²) in [6.45, 7) is 0.325. The predicted molar refractivity (Wildman–Crippen MR) is 144 cm³/mol. The largest absolute Gasteiger partial charge is 0.493 e. The van der Waals surface area contributed by atoms with Gasteiger partial charge >= 0.3 is 0 Å². The van der Waals surface area contributed by atoms with Gasteiger partial charge in [0.05, 0.1) is 27.7 Å². The highest BCUT2D eigenvalue weighted by Crippen LogP contribution is 2.53. The number of hydrogen-bond acceptors (Lipinski definition) is 3. The molecule has 1 aliphatic heterocycles. The van der Waals surface area contributed by atoms with Crippen molar-refractivity contribution in [3.63, 3.8) is 0 Å². The summed E-state index contributed by atoms with van der Waals surface area (Å²) in [6.07, 6.45) is 5.43. The fourth-order valence-electron chi connectivity index (χ4n) is 4.82. The SMILES string of the molecule is COc1cc([C@@H]2Nc3cc(Cl)cc(Cl)c3[C@H]3C=CC[C@H]32)cc(Br)c1OCc1ccc(Cl)c(Cl)c1. The van der Waals surface area contributed by atoms with Crippen molar-refractivity contribution in [1.82, 2.24) is 0 Å². The van der Waals surface area contributed by atoms with Gasteiger partial charge in [-0.25, -0.2) is 0 Å². The van der Waals surface area contributed by atoms with Crippen LogP contribution in [0.1, 0.15) is 35.1 Å². The van der Waals surface area contributed by atoms with Crippen molar-refractivity contribution >= 4 is 68.0 Å². The molecule has 0 radical (unpaired) electrons. The van der Waals surface area contributed by atoms with Crippen LogP contribution in [0.2, 0.25) is 20.1 Å². The van der Waals surface area contributed by atoms with E-state index in [9.17, 15) is 0 Å². The molecule has 34 heavy (non-hydrogen) atoms. The number of anilines is 1. The number of nitrogens with one attached hydrogen (secondary N) is 1. The smallest absolute Gasteiger partial charge is 0.175 e. The first-order valence-corrected chi connectivity index (χ1v) is 13.0. The number of ether oxygens (including phenoxy) is 2. The molecule has 2 aliphatic rings. The highest BCUT2D eigenvalue weighted by Gasteiger charge is 2.39. The van der Waals surface area contributed by atoms with Gasteiger partial charge in [-0.3, -0.25) is 0 Å². The van der Waals surface area contributed by atoms with Gasteiger partial charge in [0.25, 0.3) is 0 Å². The monoisotopic (exact) mass is 597 g/mol. The molecule has 176 valence electrons. The van der Waals surface area contributed by atoms with Crippen LogP contribution >= 0.6 is 62.3 Å². The first kappa shape index (κ1) is 24.1. The van der Waals surface area contributed by atoms with Gasteiger partial charge in [-0.2, -0.15) is 0 Å². The fourth-order valence-corrected chi connectivity index (χ4v) is 6.33. The summed E-state index contributed by atoms with van der Waals surface area (Å²) < 4.78 is 12.6. The Hall–Kier alpha value is -1.56. The second-order valence-electron chi connectivity index (χ2n) is 8.40. The molecule has 1 heterocycles. The molecule has 1 aliphatic carbocycles. The van der Waals surface area contributed by atoms with E-state index in [1.807, 2.05) is 24.3 Å². The van der Waals surface area contributed by atoms with Gasteiger partial charge < -0.3 is 14.8 Å². The number of rotatable bonds is 5. The van der Waals surface area contributed by atoms with Gasteiger partial charge in [0.1, 0.15) is 6.61 Å². The zero-order valence-electron chi connectivity index (χ0n) is 18.0. The first-order valence-electron chi connectivity index (χ1n) is 10.7. The maximum Gasteiger partial charge on any atom is 0.175 e. The maximum absolute atomic E-state index is 6.59. The molecule has 0 aromatic heterocycles. The minimum absolute atomic E-state index is 0.0522. The zero-order valence-corrected chi connectivity index (χ0v) is 22.7. The molecular weight excluding hydrogens is 580 g/mol. The molecule has 3 nitrogen and oxygen atoms in total. The van der Waals surface area contributed by atoms with Gasteiger partial charge in [-0.1, -0.05) is 64.6 Å². The number of methoxy groups -OCH3 is 1.